The Balaban J connectivity index is 1.63. The standard InChI is InChI=1S/C17H32N2O/c1-2-3-13-6-10-16(11-7-13)19-17(20)12-14-4-8-15(18)9-5-14/h13-16H,2-12,18H2,1H3,(H,19,20). The summed E-state index contributed by atoms with van der Waals surface area (Å²) in [6.45, 7) is 2.27. The van der Waals surface area contributed by atoms with E-state index in [-0.39, 0.29) is 5.91 Å². The lowest BCUT2D eigenvalue weighted by atomic mass is 9.82. The van der Waals surface area contributed by atoms with E-state index < -0.39 is 0 Å². The summed E-state index contributed by atoms with van der Waals surface area (Å²) in [5.74, 6) is 1.77. The molecule has 20 heavy (non-hydrogen) atoms. The summed E-state index contributed by atoms with van der Waals surface area (Å²) in [7, 11) is 0. The number of carbonyl (C=O) groups excluding carboxylic acids is 1. The molecule has 3 nitrogen and oxygen atoms in total. The van der Waals surface area contributed by atoms with Crippen molar-refractivity contribution in [3.63, 3.8) is 0 Å². The van der Waals surface area contributed by atoms with Gasteiger partial charge < -0.3 is 11.1 Å². The first-order valence-corrected chi connectivity index (χ1v) is 8.72. The molecular formula is C17H32N2O. The number of hydrogen-bond donors (Lipinski definition) is 2. The van der Waals surface area contributed by atoms with Crippen molar-refractivity contribution in [3.8, 4) is 0 Å². The molecular weight excluding hydrogens is 248 g/mol. The van der Waals surface area contributed by atoms with Gasteiger partial charge >= 0.3 is 0 Å². The summed E-state index contributed by atoms with van der Waals surface area (Å²) >= 11 is 0. The molecule has 0 aromatic carbocycles. The average molecular weight is 280 g/mol. The van der Waals surface area contributed by atoms with Gasteiger partial charge in [0.05, 0.1) is 0 Å². The van der Waals surface area contributed by atoms with Crippen molar-refractivity contribution in [2.24, 2.45) is 17.6 Å². The maximum Gasteiger partial charge on any atom is 0.220 e. The fourth-order valence-electron chi connectivity index (χ4n) is 3.94. The molecule has 0 bridgehead atoms. The summed E-state index contributed by atoms with van der Waals surface area (Å²) in [6.07, 6.45) is 12.8. The van der Waals surface area contributed by atoms with Crippen LogP contribution in [0.5, 0.6) is 0 Å². The molecule has 2 rings (SSSR count). The van der Waals surface area contributed by atoms with E-state index in [1.54, 1.807) is 0 Å². The van der Waals surface area contributed by atoms with Crippen LogP contribution in [0, 0.1) is 11.8 Å². The smallest absolute Gasteiger partial charge is 0.220 e. The third-order valence-corrected chi connectivity index (χ3v) is 5.27. The number of hydrogen-bond acceptors (Lipinski definition) is 2. The van der Waals surface area contributed by atoms with Crippen LogP contribution < -0.4 is 11.1 Å². The third kappa shape index (κ3) is 5.08. The van der Waals surface area contributed by atoms with Crippen molar-refractivity contribution >= 4 is 5.91 Å². The predicted molar refractivity (Wildman–Crippen MR) is 83.3 cm³/mol. The molecule has 0 saturated heterocycles. The van der Waals surface area contributed by atoms with E-state index >= 15 is 0 Å². The van der Waals surface area contributed by atoms with Gasteiger partial charge in [-0.25, -0.2) is 0 Å². The van der Waals surface area contributed by atoms with Gasteiger partial charge in [-0.2, -0.15) is 0 Å². The summed E-state index contributed by atoms with van der Waals surface area (Å²) in [5, 5.41) is 3.27. The summed E-state index contributed by atoms with van der Waals surface area (Å²) in [4.78, 5) is 12.1. The van der Waals surface area contributed by atoms with Crippen molar-refractivity contribution in [1.29, 1.82) is 0 Å². The molecule has 0 aromatic rings. The van der Waals surface area contributed by atoms with Crippen LogP contribution in [0.1, 0.15) is 77.6 Å². The lowest BCUT2D eigenvalue weighted by Crippen LogP contribution is -2.39. The van der Waals surface area contributed by atoms with E-state index in [1.807, 2.05) is 0 Å². The van der Waals surface area contributed by atoms with E-state index in [9.17, 15) is 4.79 Å². The van der Waals surface area contributed by atoms with Gasteiger partial charge in [0.1, 0.15) is 0 Å². The normalized spacial score (nSPS) is 34.7. The fourth-order valence-corrected chi connectivity index (χ4v) is 3.94. The van der Waals surface area contributed by atoms with Crippen LogP contribution in [0.3, 0.4) is 0 Å². The van der Waals surface area contributed by atoms with Gasteiger partial charge in [-0.1, -0.05) is 19.8 Å². The number of nitrogens with two attached hydrogens (primary N) is 1. The first-order valence-electron chi connectivity index (χ1n) is 8.72. The van der Waals surface area contributed by atoms with Crippen LogP contribution in [-0.2, 0) is 4.79 Å². The molecule has 0 aromatic heterocycles. The molecule has 3 N–H and O–H groups in total. The van der Waals surface area contributed by atoms with Gasteiger partial charge in [0.25, 0.3) is 0 Å². The second-order valence-corrected chi connectivity index (χ2v) is 7.06. The zero-order valence-corrected chi connectivity index (χ0v) is 13.1. The Morgan fingerprint density at radius 3 is 2.20 bits per heavy atom. The molecule has 0 aliphatic heterocycles. The molecule has 1 amide bonds. The van der Waals surface area contributed by atoms with Crippen molar-refractivity contribution in [2.45, 2.75) is 89.6 Å². The van der Waals surface area contributed by atoms with Crippen LogP contribution in [0.15, 0.2) is 0 Å². The third-order valence-electron chi connectivity index (χ3n) is 5.27. The van der Waals surface area contributed by atoms with Gasteiger partial charge in [-0.15, -0.1) is 0 Å². The molecule has 2 fully saturated rings. The Morgan fingerprint density at radius 1 is 1.00 bits per heavy atom. The zero-order valence-electron chi connectivity index (χ0n) is 13.1. The van der Waals surface area contributed by atoms with Crippen molar-refractivity contribution in [3.05, 3.63) is 0 Å². The minimum Gasteiger partial charge on any atom is -0.353 e. The Bertz CT molecular complexity index is 289. The molecule has 0 radical (unpaired) electrons. The van der Waals surface area contributed by atoms with Gasteiger partial charge in [-0.3, -0.25) is 4.79 Å². The summed E-state index contributed by atoms with van der Waals surface area (Å²) in [6, 6.07) is 0.824. The van der Waals surface area contributed by atoms with E-state index in [1.165, 1.54) is 38.5 Å². The second kappa shape index (κ2) is 8.02. The highest BCUT2D eigenvalue weighted by Gasteiger charge is 2.24. The quantitative estimate of drug-likeness (QED) is 0.811. The number of nitrogens with one attached hydrogen (secondary N) is 1. The van der Waals surface area contributed by atoms with Crippen LogP contribution in [0.2, 0.25) is 0 Å². The Labute approximate surface area is 124 Å². The topological polar surface area (TPSA) is 55.1 Å². The zero-order chi connectivity index (χ0) is 14.4. The first kappa shape index (κ1) is 15.8. The summed E-state index contributed by atoms with van der Waals surface area (Å²) in [5.41, 5.74) is 5.91. The molecule has 0 spiro atoms. The predicted octanol–water partition coefficient (Wildman–Crippen LogP) is 3.37. The highest BCUT2D eigenvalue weighted by atomic mass is 16.1. The fraction of sp³-hybridized carbons (Fsp3) is 0.941. The molecule has 2 saturated carbocycles. The van der Waals surface area contributed by atoms with Crippen LogP contribution >= 0.6 is 0 Å². The van der Waals surface area contributed by atoms with E-state index in [0.717, 1.165) is 38.0 Å². The van der Waals surface area contributed by atoms with E-state index in [2.05, 4.69) is 12.2 Å². The lowest BCUT2D eigenvalue weighted by Gasteiger charge is -2.30. The van der Waals surface area contributed by atoms with Crippen LogP contribution in [0.4, 0.5) is 0 Å². The van der Waals surface area contributed by atoms with Crippen LogP contribution in [0.25, 0.3) is 0 Å². The molecule has 0 atom stereocenters. The molecule has 0 unspecified atom stereocenters. The number of carbonyl (C=O) groups is 1. The van der Waals surface area contributed by atoms with Gasteiger partial charge in [0, 0.05) is 18.5 Å². The Hall–Kier alpha value is -0.570. The minimum atomic E-state index is 0.282. The van der Waals surface area contributed by atoms with Gasteiger partial charge in [0.2, 0.25) is 5.91 Å². The van der Waals surface area contributed by atoms with Crippen LogP contribution in [-0.4, -0.2) is 18.0 Å². The largest absolute Gasteiger partial charge is 0.353 e. The molecule has 0 heterocycles. The van der Waals surface area contributed by atoms with Crippen molar-refractivity contribution < 1.29 is 4.79 Å². The SMILES string of the molecule is CCCC1CCC(NC(=O)CC2CCC(N)CC2)CC1. The summed E-state index contributed by atoms with van der Waals surface area (Å²) < 4.78 is 0. The van der Waals surface area contributed by atoms with Crippen molar-refractivity contribution in [2.75, 3.05) is 0 Å². The molecule has 2 aliphatic carbocycles. The highest BCUT2D eigenvalue weighted by Crippen LogP contribution is 2.29. The van der Waals surface area contributed by atoms with Gasteiger partial charge in [-0.05, 0) is 63.2 Å². The van der Waals surface area contributed by atoms with Crippen molar-refractivity contribution in [1.82, 2.24) is 5.32 Å². The molecule has 116 valence electrons. The first-order chi connectivity index (χ1) is 9.67. The second-order valence-electron chi connectivity index (χ2n) is 7.06. The Morgan fingerprint density at radius 2 is 1.60 bits per heavy atom. The average Bonchev–Trinajstić information content (AvgIpc) is 2.44. The van der Waals surface area contributed by atoms with E-state index in [0.29, 0.717) is 18.0 Å². The van der Waals surface area contributed by atoms with Gasteiger partial charge in [0.15, 0.2) is 0 Å². The lowest BCUT2D eigenvalue weighted by molar-refractivity contribution is -0.123. The maximum absolute atomic E-state index is 12.1. The number of rotatable bonds is 5. The molecule has 3 heteroatoms. The Kier molecular flexibility index (Phi) is 6.34. The van der Waals surface area contributed by atoms with E-state index in [4.69, 9.17) is 5.73 Å². The molecule has 2 aliphatic rings. The monoisotopic (exact) mass is 280 g/mol. The minimum absolute atomic E-state index is 0.282. The maximum atomic E-state index is 12.1. The number of amides is 1. The highest BCUT2D eigenvalue weighted by molar-refractivity contribution is 5.76.